The summed E-state index contributed by atoms with van der Waals surface area (Å²) in [4.78, 5) is 0. The van der Waals surface area contributed by atoms with E-state index in [9.17, 15) is 0 Å². The summed E-state index contributed by atoms with van der Waals surface area (Å²) in [6, 6.07) is 0. The summed E-state index contributed by atoms with van der Waals surface area (Å²) in [6.45, 7) is 7.93. The van der Waals surface area contributed by atoms with E-state index in [2.05, 4.69) is 0 Å². The third-order valence-corrected chi connectivity index (χ3v) is 1.02. The van der Waals surface area contributed by atoms with E-state index in [0.29, 0.717) is 0 Å². The van der Waals surface area contributed by atoms with Crippen molar-refractivity contribution < 1.29 is 4.74 Å². The molecule has 0 amide bonds. The molecule has 0 fully saturated rings. The molecule has 0 aliphatic carbocycles. The van der Waals surface area contributed by atoms with Crippen molar-refractivity contribution in [2.24, 2.45) is 0 Å². The number of allylic oxidation sites excluding steroid dienone is 5. The predicted octanol–water partition coefficient (Wildman–Crippen LogP) is 3.70. The van der Waals surface area contributed by atoms with E-state index in [4.69, 9.17) is 4.74 Å². The Morgan fingerprint density at radius 3 is 2.00 bits per heavy atom. The Bertz CT molecular complexity index is 152. The van der Waals surface area contributed by atoms with E-state index in [1.165, 1.54) is 0 Å². The van der Waals surface area contributed by atoms with Gasteiger partial charge in [0.2, 0.25) is 0 Å². The summed E-state index contributed by atoms with van der Waals surface area (Å²) >= 11 is 0. The normalized spacial score (nSPS) is 11.6. The lowest BCUT2D eigenvalue weighted by Gasteiger charge is -1.95. The Morgan fingerprint density at radius 2 is 1.67 bits per heavy atom. The van der Waals surface area contributed by atoms with Gasteiger partial charge in [-0.2, -0.15) is 0 Å². The highest BCUT2D eigenvalue weighted by Crippen LogP contribution is 1.97. The van der Waals surface area contributed by atoms with E-state index in [0.717, 1.165) is 5.76 Å². The van der Waals surface area contributed by atoms with Gasteiger partial charge in [0.15, 0.2) is 0 Å². The van der Waals surface area contributed by atoms with Crippen LogP contribution in [0.4, 0.5) is 0 Å². The largest absolute Gasteiger partial charge is 0.497 e. The van der Waals surface area contributed by atoms with Gasteiger partial charge in [-0.3, -0.25) is 0 Å². The molecule has 0 aromatic heterocycles. The Labute approximate surface area is 76.4 Å². The van der Waals surface area contributed by atoms with Gasteiger partial charge in [-0.05, 0) is 26.0 Å². The molecule has 0 saturated heterocycles. The lowest BCUT2D eigenvalue weighted by atomic mass is 10.4. The smallest absolute Gasteiger partial charge is 0.118 e. The van der Waals surface area contributed by atoms with E-state index >= 15 is 0 Å². The summed E-state index contributed by atoms with van der Waals surface area (Å²) < 4.78 is 5.02. The van der Waals surface area contributed by atoms with Gasteiger partial charge in [-0.25, -0.2) is 0 Å². The molecule has 0 aliphatic heterocycles. The molecule has 70 valence electrons. The van der Waals surface area contributed by atoms with Gasteiger partial charge in [-0.1, -0.05) is 32.1 Å². The quantitative estimate of drug-likeness (QED) is 0.461. The fourth-order valence-electron chi connectivity index (χ4n) is 0.547. The number of methoxy groups -OCH3 is 1. The first kappa shape index (κ1) is 13.6. The van der Waals surface area contributed by atoms with Gasteiger partial charge in [0.1, 0.15) is 5.76 Å². The molecule has 0 aromatic rings. The Balaban J connectivity index is 0. The highest BCUT2D eigenvalue weighted by Gasteiger charge is 1.81. The van der Waals surface area contributed by atoms with Crippen LogP contribution in [0, 0.1) is 0 Å². The minimum absolute atomic E-state index is 0.876. The van der Waals surface area contributed by atoms with Gasteiger partial charge in [0.25, 0.3) is 0 Å². The number of rotatable bonds is 3. The molecular formula is C11H20O. The van der Waals surface area contributed by atoms with E-state index in [1.807, 2.05) is 58.1 Å². The number of hydrogen-bond donors (Lipinski definition) is 0. The van der Waals surface area contributed by atoms with Gasteiger partial charge in [0, 0.05) is 0 Å². The molecule has 0 atom stereocenters. The van der Waals surface area contributed by atoms with Crippen molar-refractivity contribution in [3.8, 4) is 0 Å². The monoisotopic (exact) mass is 168 g/mol. The van der Waals surface area contributed by atoms with Crippen LogP contribution in [0.15, 0.2) is 36.1 Å². The third-order valence-electron chi connectivity index (χ3n) is 1.02. The second-order valence-electron chi connectivity index (χ2n) is 1.80. The van der Waals surface area contributed by atoms with E-state index < -0.39 is 0 Å². The van der Waals surface area contributed by atoms with Crippen LogP contribution in [0.1, 0.15) is 27.7 Å². The third kappa shape index (κ3) is 9.02. The number of hydrogen-bond acceptors (Lipinski definition) is 1. The zero-order valence-corrected chi connectivity index (χ0v) is 8.79. The Morgan fingerprint density at radius 1 is 1.08 bits per heavy atom. The zero-order chi connectivity index (χ0) is 9.82. The second-order valence-corrected chi connectivity index (χ2v) is 1.80. The average Bonchev–Trinajstić information content (AvgIpc) is 2.15. The van der Waals surface area contributed by atoms with Crippen LogP contribution in [-0.4, -0.2) is 7.11 Å². The standard InChI is InChI=1S/C9H14O.C2H6/c1-4-6-8-9(10-3)7-5-2;1-2/h4-8H,1-3H3;1-2H3/b6-4+,7-5-,9-8+;. The molecule has 0 N–H and O–H groups in total. The van der Waals surface area contributed by atoms with Crippen LogP contribution in [-0.2, 0) is 4.74 Å². The Hall–Kier alpha value is -0.980. The molecule has 0 rings (SSSR count). The maximum absolute atomic E-state index is 5.02. The average molecular weight is 168 g/mol. The van der Waals surface area contributed by atoms with Gasteiger partial charge in [-0.15, -0.1) is 0 Å². The highest BCUT2D eigenvalue weighted by molar-refractivity contribution is 5.17. The van der Waals surface area contributed by atoms with Crippen LogP contribution >= 0.6 is 0 Å². The minimum atomic E-state index is 0.876. The molecule has 0 unspecified atom stereocenters. The SMILES string of the molecule is CC.C\C=C/C(=C\C=C\C)OC. The fourth-order valence-corrected chi connectivity index (χ4v) is 0.547. The highest BCUT2D eigenvalue weighted by atomic mass is 16.5. The molecule has 12 heavy (non-hydrogen) atoms. The molecule has 0 heterocycles. The maximum Gasteiger partial charge on any atom is 0.118 e. The molecule has 0 saturated carbocycles. The van der Waals surface area contributed by atoms with Crippen molar-refractivity contribution in [1.82, 2.24) is 0 Å². The molecular weight excluding hydrogens is 148 g/mol. The molecule has 0 radical (unpaired) electrons. The second kappa shape index (κ2) is 12.7. The van der Waals surface area contributed by atoms with Crippen LogP contribution in [0.3, 0.4) is 0 Å². The minimum Gasteiger partial charge on any atom is -0.497 e. The first-order valence-corrected chi connectivity index (χ1v) is 4.34. The van der Waals surface area contributed by atoms with Crippen LogP contribution < -0.4 is 0 Å². The molecule has 0 spiro atoms. The fraction of sp³-hybridized carbons (Fsp3) is 0.455. The summed E-state index contributed by atoms with van der Waals surface area (Å²) in [7, 11) is 1.66. The first-order chi connectivity index (χ1) is 5.85. The van der Waals surface area contributed by atoms with Gasteiger partial charge in [0.05, 0.1) is 7.11 Å². The van der Waals surface area contributed by atoms with Gasteiger partial charge >= 0.3 is 0 Å². The summed E-state index contributed by atoms with van der Waals surface area (Å²) in [5, 5.41) is 0. The van der Waals surface area contributed by atoms with Crippen molar-refractivity contribution in [3.63, 3.8) is 0 Å². The summed E-state index contributed by atoms with van der Waals surface area (Å²) in [5.74, 6) is 0.876. The Kier molecular flexibility index (Phi) is 14.4. The van der Waals surface area contributed by atoms with Gasteiger partial charge < -0.3 is 4.74 Å². The molecule has 0 bridgehead atoms. The van der Waals surface area contributed by atoms with Crippen molar-refractivity contribution in [3.05, 3.63) is 36.1 Å². The predicted molar refractivity (Wildman–Crippen MR) is 56.1 cm³/mol. The first-order valence-electron chi connectivity index (χ1n) is 4.34. The molecule has 1 nitrogen and oxygen atoms in total. The topological polar surface area (TPSA) is 9.23 Å². The zero-order valence-electron chi connectivity index (χ0n) is 8.79. The summed E-state index contributed by atoms with van der Waals surface area (Å²) in [6.07, 6.45) is 9.68. The number of ether oxygens (including phenoxy) is 1. The molecule has 0 aromatic carbocycles. The summed E-state index contributed by atoms with van der Waals surface area (Å²) in [5.41, 5.74) is 0. The van der Waals surface area contributed by atoms with Crippen LogP contribution in [0.25, 0.3) is 0 Å². The van der Waals surface area contributed by atoms with Crippen molar-refractivity contribution in [1.29, 1.82) is 0 Å². The molecule has 1 heteroatoms. The maximum atomic E-state index is 5.02. The molecule has 0 aliphatic rings. The van der Waals surface area contributed by atoms with Crippen molar-refractivity contribution >= 4 is 0 Å². The van der Waals surface area contributed by atoms with Crippen molar-refractivity contribution in [2.45, 2.75) is 27.7 Å². The van der Waals surface area contributed by atoms with E-state index in [-0.39, 0.29) is 0 Å². The van der Waals surface area contributed by atoms with Crippen molar-refractivity contribution in [2.75, 3.05) is 7.11 Å². The van der Waals surface area contributed by atoms with E-state index in [1.54, 1.807) is 7.11 Å². The van der Waals surface area contributed by atoms with Crippen LogP contribution in [0.5, 0.6) is 0 Å². The lowest BCUT2D eigenvalue weighted by Crippen LogP contribution is -1.78. The lowest BCUT2D eigenvalue weighted by molar-refractivity contribution is 0.307. The van der Waals surface area contributed by atoms with Crippen LogP contribution in [0.2, 0.25) is 0 Å².